The van der Waals surface area contributed by atoms with Gasteiger partial charge in [-0.25, -0.2) is 18.1 Å². The third kappa shape index (κ3) is 6.75. The van der Waals surface area contributed by atoms with E-state index in [2.05, 4.69) is 20.3 Å². The molecule has 0 fully saturated rings. The standard InChI is InChI=1S/C18H25ClN4O3S2/c1-3-20-17(22-13-18(2,24)14-7-5-4-6-8-14)21-11-12-23-28(25,26)16-10-9-15(19)27-16/h4-10,23-24H,3,11-13H2,1-2H3,(H2,20,21,22). The topological polar surface area (TPSA) is 103 Å². The molecule has 1 unspecified atom stereocenters. The number of thiophene rings is 1. The first-order valence-corrected chi connectivity index (χ1v) is 11.5. The quantitative estimate of drug-likeness (QED) is 0.269. The van der Waals surface area contributed by atoms with Crippen LogP contribution in [0.25, 0.3) is 0 Å². The van der Waals surface area contributed by atoms with Crippen LogP contribution in [0.2, 0.25) is 4.34 Å². The van der Waals surface area contributed by atoms with E-state index in [1.54, 1.807) is 13.0 Å². The Bertz CT molecular complexity index is 883. The summed E-state index contributed by atoms with van der Waals surface area (Å²) >= 11 is 6.80. The van der Waals surface area contributed by atoms with Crippen molar-refractivity contribution in [2.24, 2.45) is 4.99 Å². The van der Waals surface area contributed by atoms with Gasteiger partial charge in [-0.2, -0.15) is 0 Å². The van der Waals surface area contributed by atoms with Gasteiger partial charge in [0.2, 0.25) is 10.0 Å². The fraction of sp³-hybridized carbons (Fsp3) is 0.389. The molecule has 0 radical (unpaired) electrons. The van der Waals surface area contributed by atoms with Crippen LogP contribution < -0.4 is 15.4 Å². The fourth-order valence-corrected chi connectivity index (χ4v) is 4.90. The number of benzene rings is 1. The van der Waals surface area contributed by atoms with Crippen LogP contribution in [-0.2, 0) is 15.6 Å². The van der Waals surface area contributed by atoms with Crippen LogP contribution in [0.5, 0.6) is 0 Å². The van der Waals surface area contributed by atoms with Crippen molar-refractivity contribution in [3.8, 4) is 0 Å². The van der Waals surface area contributed by atoms with Gasteiger partial charge in [0.05, 0.1) is 10.9 Å². The van der Waals surface area contributed by atoms with Gasteiger partial charge in [-0.1, -0.05) is 41.9 Å². The van der Waals surface area contributed by atoms with Crippen LogP contribution in [0, 0.1) is 0 Å². The van der Waals surface area contributed by atoms with E-state index in [0.29, 0.717) is 23.4 Å². The van der Waals surface area contributed by atoms with Crippen molar-refractivity contribution >= 4 is 38.9 Å². The van der Waals surface area contributed by atoms with Gasteiger partial charge < -0.3 is 15.7 Å². The Morgan fingerprint density at radius 2 is 1.89 bits per heavy atom. The van der Waals surface area contributed by atoms with E-state index in [9.17, 15) is 13.5 Å². The molecule has 1 heterocycles. The van der Waals surface area contributed by atoms with Crippen LogP contribution in [0.4, 0.5) is 0 Å². The second-order valence-corrected chi connectivity index (χ2v) is 9.93. The zero-order valence-corrected chi connectivity index (χ0v) is 18.2. The predicted octanol–water partition coefficient (Wildman–Crippen LogP) is 2.14. The molecule has 0 amide bonds. The second-order valence-electron chi connectivity index (χ2n) is 6.22. The molecule has 4 N–H and O–H groups in total. The Balaban J connectivity index is 1.89. The average Bonchev–Trinajstić information content (AvgIpc) is 3.11. The zero-order valence-electron chi connectivity index (χ0n) is 15.8. The van der Waals surface area contributed by atoms with E-state index >= 15 is 0 Å². The number of sulfonamides is 1. The maximum Gasteiger partial charge on any atom is 0.250 e. The maximum atomic E-state index is 12.2. The molecular formula is C18H25ClN4O3S2. The van der Waals surface area contributed by atoms with Crippen molar-refractivity contribution in [3.05, 3.63) is 52.4 Å². The Morgan fingerprint density at radius 3 is 2.50 bits per heavy atom. The van der Waals surface area contributed by atoms with Gasteiger partial charge in [0.15, 0.2) is 5.96 Å². The van der Waals surface area contributed by atoms with Crippen molar-refractivity contribution in [3.63, 3.8) is 0 Å². The highest BCUT2D eigenvalue weighted by atomic mass is 35.5. The van der Waals surface area contributed by atoms with Crippen molar-refractivity contribution < 1.29 is 13.5 Å². The highest BCUT2D eigenvalue weighted by Gasteiger charge is 2.22. The summed E-state index contributed by atoms with van der Waals surface area (Å²) in [5.74, 6) is 0.497. The number of aliphatic hydroxyl groups is 1. The zero-order chi connectivity index (χ0) is 20.6. The predicted molar refractivity (Wildman–Crippen MR) is 115 cm³/mol. The molecule has 2 aromatic rings. The molecule has 10 heteroatoms. The summed E-state index contributed by atoms with van der Waals surface area (Å²) < 4.78 is 27.4. The molecule has 0 saturated carbocycles. The summed E-state index contributed by atoms with van der Waals surface area (Å²) in [6.45, 7) is 4.94. The highest BCUT2D eigenvalue weighted by molar-refractivity contribution is 7.91. The number of hydrogen-bond donors (Lipinski definition) is 4. The molecule has 1 aromatic carbocycles. The van der Waals surface area contributed by atoms with E-state index in [-0.39, 0.29) is 17.3 Å². The number of rotatable bonds is 9. The number of halogens is 1. The maximum absolute atomic E-state index is 12.2. The van der Waals surface area contributed by atoms with Gasteiger partial charge in [-0.05, 0) is 31.5 Å². The second kappa shape index (κ2) is 10.2. The Labute approximate surface area is 174 Å². The molecule has 1 aromatic heterocycles. The van der Waals surface area contributed by atoms with Gasteiger partial charge in [0.25, 0.3) is 0 Å². The van der Waals surface area contributed by atoms with Crippen molar-refractivity contribution in [1.82, 2.24) is 15.4 Å². The smallest absolute Gasteiger partial charge is 0.250 e. The monoisotopic (exact) mass is 444 g/mol. The van der Waals surface area contributed by atoms with Gasteiger partial charge in [-0.15, -0.1) is 11.3 Å². The van der Waals surface area contributed by atoms with E-state index < -0.39 is 15.6 Å². The molecular weight excluding hydrogens is 420 g/mol. The summed E-state index contributed by atoms with van der Waals surface area (Å²) in [5.41, 5.74) is -0.333. The van der Waals surface area contributed by atoms with Crippen molar-refractivity contribution in [2.75, 3.05) is 26.2 Å². The first kappa shape index (κ1) is 22.6. The molecule has 154 valence electrons. The van der Waals surface area contributed by atoms with Gasteiger partial charge in [0.1, 0.15) is 9.81 Å². The Kier molecular flexibility index (Phi) is 8.26. The lowest BCUT2D eigenvalue weighted by Gasteiger charge is -2.22. The molecule has 28 heavy (non-hydrogen) atoms. The summed E-state index contributed by atoms with van der Waals surface area (Å²) in [5, 5.41) is 16.8. The molecule has 0 bridgehead atoms. The number of hydrogen-bond acceptors (Lipinski definition) is 5. The molecule has 1 atom stereocenters. The van der Waals surface area contributed by atoms with Crippen LogP contribution in [0.1, 0.15) is 19.4 Å². The van der Waals surface area contributed by atoms with Crippen molar-refractivity contribution in [1.29, 1.82) is 0 Å². The third-order valence-electron chi connectivity index (χ3n) is 3.81. The van der Waals surface area contributed by atoms with E-state index in [4.69, 9.17) is 11.6 Å². The van der Waals surface area contributed by atoms with Crippen LogP contribution in [-0.4, -0.2) is 45.7 Å². The first-order valence-electron chi connectivity index (χ1n) is 8.79. The molecule has 0 aliphatic carbocycles. The minimum absolute atomic E-state index is 0.159. The Morgan fingerprint density at radius 1 is 1.18 bits per heavy atom. The Hall–Kier alpha value is -1.65. The van der Waals surface area contributed by atoms with Crippen LogP contribution in [0.15, 0.2) is 51.7 Å². The minimum atomic E-state index is -3.58. The minimum Gasteiger partial charge on any atom is -0.384 e. The SMILES string of the molecule is CCNC(=NCC(C)(O)c1ccccc1)NCCNS(=O)(=O)c1ccc(Cl)s1. The number of guanidine groups is 1. The molecule has 0 aliphatic heterocycles. The third-order valence-corrected chi connectivity index (χ3v) is 6.99. The number of nitrogens with one attached hydrogen (secondary N) is 3. The molecule has 0 aliphatic rings. The fourth-order valence-electron chi connectivity index (χ4n) is 2.34. The van der Waals surface area contributed by atoms with E-state index in [1.807, 2.05) is 37.3 Å². The molecule has 0 spiro atoms. The van der Waals surface area contributed by atoms with E-state index in [1.165, 1.54) is 6.07 Å². The van der Waals surface area contributed by atoms with Crippen molar-refractivity contribution in [2.45, 2.75) is 23.7 Å². The van der Waals surface area contributed by atoms with E-state index in [0.717, 1.165) is 16.9 Å². The summed E-state index contributed by atoms with van der Waals surface area (Å²) in [6.07, 6.45) is 0. The average molecular weight is 445 g/mol. The number of aliphatic imine (C=N–C) groups is 1. The van der Waals surface area contributed by atoms with Gasteiger partial charge in [-0.3, -0.25) is 0 Å². The van der Waals surface area contributed by atoms with Gasteiger partial charge >= 0.3 is 0 Å². The lowest BCUT2D eigenvalue weighted by Crippen LogP contribution is -2.42. The normalized spacial score (nSPS) is 14.5. The molecule has 2 rings (SSSR count). The number of nitrogens with zero attached hydrogens (tertiary/aromatic N) is 1. The molecule has 7 nitrogen and oxygen atoms in total. The summed E-state index contributed by atoms with van der Waals surface area (Å²) in [7, 11) is -3.58. The van der Waals surface area contributed by atoms with Gasteiger partial charge in [0, 0.05) is 19.6 Å². The lowest BCUT2D eigenvalue weighted by molar-refractivity contribution is 0.0672. The lowest BCUT2D eigenvalue weighted by atomic mass is 9.96. The molecule has 0 saturated heterocycles. The summed E-state index contributed by atoms with van der Waals surface area (Å²) in [4.78, 5) is 4.41. The highest BCUT2D eigenvalue weighted by Crippen LogP contribution is 2.25. The van der Waals surface area contributed by atoms with Crippen LogP contribution >= 0.6 is 22.9 Å². The first-order chi connectivity index (χ1) is 13.2. The largest absolute Gasteiger partial charge is 0.384 e. The summed E-state index contributed by atoms with van der Waals surface area (Å²) in [6, 6.07) is 12.3. The van der Waals surface area contributed by atoms with Crippen LogP contribution in [0.3, 0.4) is 0 Å².